The van der Waals surface area contributed by atoms with Gasteiger partial charge in [-0.3, -0.25) is 4.79 Å². The predicted molar refractivity (Wildman–Crippen MR) is 81.3 cm³/mol. The molecule has 0 heterocycles. The molecule has 20 heavy (non-hydrogen) atoms. The summed E-state index contributed by atoms with van der Waals surface area (Å²) in [5.41, 5.74) is 1.21. The van der Waals surface area contributed by atoms with E-state index in [-0.39, 0.29) is 5.91 Å². The standard InChI is InChI=1S/C14H17NO4S/c1-19-12-5-3-10(4-6-14(17)18)9-11(12)15-13(16)7-8-20-2/h3-6,9H,7-8H2,1-2H3,(H,15,16)(H,17,18). The summed E-state index contributed by atoms with van der Waals surface area (Å²) < 4.78 is 5.17. The van der Waals surface area contributed by atoms with E-state index in [9.17, 15) is 9.59 Å². The largest absolute Gasteiger partial charge is 0.495 e. The normalized spacial score (nSPS) is 10.5. The number of benzene rings is 1. The lowest BCUT2D eigenvalue weighted by Crippen LogP contribution is -2.13. The molecule has 0 aromatic heterocycles. The average molecular weight is 295 g/mol. The topological polar surface area (TPSA) is 75.6 Å². The summed E-state index contributed by atoms with van der Waals surface area (Å²) in [6.07, 6.45) is 4.85. The van der Waals surface area contributed by atoms with Gasteiger partial charge in [-0.05, 0) is 30.0 Å². The van der Waals surface area contributed by atoms with Crippen LogP contribution in [-0.4, -0.2) is 36.1 Å². The number of rotatable bonds is 7. The molecule has 0 aliphatic rings. The molecule has 1 aromatic carbocycles. The molecular formula is C14H17NO4S. The molecule has 1 amide bonds. The molecule has 0 aliphatic heterocycles. The second-order valence-corrected chi connectivity index (χ2v) is 4.91. The van der Waals surface area contributed by atoms with Gasteiger partial charge in [-0.2, -0.15) is 11.8 Å². The lowest BCUT2D eigenvalue weighted by molar-refractivity contribution is -0.131. The number of hydrogen-bond donors (Lipinski definition) is 2. The van der Waals surface area contributed by atoms with Crippen molar-refractivity contribution in [2.75, 3.05) is 24.4 Å². The molecule has 0 fully saturated rings. The first-order valence-electron chi connectivity index (χ1n) is 5.94. The van der Waals surface area contributed by atoms with E-state index in [4.69, 9.17) is 9.84 Å². The fourth-order valence-electron chi connectivity index (χ4n) is 1.50. The van der Waals surface area contributed by atoms with Crippen molar-refractivity contribution in [2.45, 2.75) is 6.42 Å². The highest BCUT2D eigenvalue weighted by Gasteiger charge is 2.08. The zero-order valence-corrected chi connectivity index (χ0v) is 12.2. The fourth-order valence-corrected chi connectivity index (χ4v) is 1.89. The van der Waals surface area contributed by atoms with Gasteiger partial charge in [0.25, 0.3) is 0 Å². The second-order valence-electron chi connectivity index (χ2n) is 3.92. The zero-order valence-electron chi connectivity index (χ0n) is 11.4. The molecule has 1 rings (SSSR count). The van der Waals surface area contributed by atoms with Crippen molar-refractivity contribution in [3.63, 3.8) is 0 Å². The Morgan fingerprint density at radius 2 is 2.20 bits per heavy atom. The minimum Gasteiger partial charge on any atom is -0.495 e. The Labute approximate surface area is 122 Å². The lowest BCUT2D eigenvalue weighted by Gasteiger charge is -2.10. The first-order valence-corrected chi connectivity index (χ1v) is 7.34. The van der Waals surface area contributed by atoms with Crippen LogP contribution >= 0.6 is 11.8 Å². The Balaban J connectivity index is 2.88. The molecule has 0 aliphatic carbocycles. The number of anilines is 1. The molecule has 0 spiro atoms. The zero-order chi connectivity index (χ0) is 15.0. The van der Waals surface area contributed by atoms with Crippen LogP contribution in [0.15, 0.2) is 24.3 Å². The fraction of sp³-hybridized carbons (Fsp3) is 0.286. The number of amides is 1. The SMILES string of the molecule is COc1ccc(C=CC(=O)O)cc1NC(=O)CCSC. The highest BCUT2D eigenvalue weighted by Crippen LogP contribution is 2.26. The number of aliphatic carboxylic acids is 1. The Morgan fingerprint density at radius 3 is 2.80 bits per heavy atom. The Hall–Kier alpha value is -1.95. The second kappa shape index (κ2) is 8.27. The van der Waals surface area contributed by atoms with Crippen molar-refractivity contribution in [1.29, 1.82) is 0 Å². The van der Waals surface area contributed by atoms with Crippen molar-refractivity contribution in [3.8, 4) is 5.75 Å². The number of carbonyl (C=O) groups excluding carboxylic acids is 1. The minimum atomic E-state index is -1.02. The van der Waals surface area contributed by atoms with E-state index < -0.39 is 5.97 Å². The maximum absolute atomic E-state index is 11.7. The summed E-state index contributed by atoms with van der Waals surface area (Å²) >= 11 is 1.60. The number of methoxy groups -OCH3 is 1. The van der Waals surface area contributed by atoms with Crippen molar-refractivity contribution in [3.05, 3.63) is 29.8 Å². The highest BCUT2D eigenvalue weighted by molar-refractivity contribution is 7.98. The van der Waals surface area contributed by atoms with Crippen molar-refractivity contribution < 1.29 is 19.4 Å². The first-order chi connectivity index (χ1) is 9.56. The Kier molecular flexibility index (Phi) is 6.66. The molecule has 108 valence electrons. The van der Waals surface area contributed by atoms with Gasteiger partial charge in [0.05, 0.1) is 12.8 Å². The molecule has 0 atom stereocenters. The molecule has 5 nitrogen and oxygen atoms in total. The van der Waals surface area contributed by atoms with E-state index >= 15 is 0 Å². The van der Waals surface area contributed by atoms with E-state index in [0.717, 1.165) is 11.8 Å². The van der Waals surface area contributed by atoms with Crippen LogP contribution in [0, 0.1) is 0 Å². The first kappa shape index (κ1) is 16.1. The molecule has 2 N–H and O–H groups in total. The third-order valence-corrected chi connectivity index (χ3v) is 3.06. The van der Waals surface area contributed by atoms with Gasteiger partial charge in [-0.25, -0.2) is 4.79 Å². The lowest BCUT2D eigenvalue weighted by atomic mass is 10.1. The molecule has 0 radical (unpaired) electrons. The minimum absolute atomic E-state index is 0.1000. The van der Waals surface area contributed by atoms with Crippen LogP contribution in [0.2, 0.25) is 0 Å². The number of carboxylic acid groups (broad SMARTS) is 1. The summed E-state index contributed by atoms with van der Waals surface area (Å²) in [6, 6.07) is 5.08. The maximum Gasteiger partial charge on any atom is 0.328 e. The number of thioether (sulfide) groups is 1. The highest BCUT2D eigenvalue weighted by atomic mass is 32.2. The van der Waals surface area contributed by atoms with E-state index in [1.807, 2.05) is 6.26 Å². The van der Waals surface area contributed by atoms with E-state index in [1.54, 1.807) is 30.0 Å². The van der Waals surface area contributed by atoms with Crippen LogP contribution in [0.4, 0.5) is 5.69 Å². The summed E-state index contributed by atoms with van der Waals surface area (Å²) in [5.74, 6) is 0.158. The van der Waals surface area contributed by atoms with Crippen molar-refractivity contribution >= 4 is 35.4 Å². The predicted octanol–water partition coefficient (Wildman–Crippen LogP) is 2.48. The van der Waals surface area contributed by atoms with Gasteiger partial charge < -0.3 is 15.2 Å². The number of nitrogens with one attached hydrogen (secondary N) is 1. The summed E-state index contributed by atoms with van der Waals surface area (Å²) in [5, 5.41) is 11.4. The van der Waals surface area contributed by atoms with Gasteiger partial charge in [0, 0.05) is 18.2 Å². The van der Waals surface area contributed by atoms with Crippen molar-refractivity contribution in [1.82, 2.24) is 0 Å². The van der Waals surface area contributed by atoms with Crippen LogP contribution in [0.25, 0.3) is 6.08 Å². The van der Waals surface area contributed by atoms with Crippen LogP contribution in [0.1, 0.15) is 12.0 Å². The third-order valence-electron chi connectivity index (χ3n) is 2.45. The van der Waals surface area contributed by atoms with Crippen LogP contribution < -0.4 is 10.1 Å². The van der Waals surface area contributed by atoms with E-state index in [0.29, 0.717) is 23.4 Å². The van der Waals surface area contributed by atoms with Gasteiger partial charge in [-0.15, -0.1) is 0 Å². The summed E-state index contributed by atoms with van der Waals surface area (Å²) in [6.45, 7) is 0. The summed E-state index contributed by atoms with van der Waals surface area (Å²) in [7, 11) is 1.51. The molecule has 6 heteroatoms. The molecule has 1 aromatic rings. The van der Waals surface area contributed by atoms with Gasteiger partial charge >= 0.3 is 5.97 Å². The average Bonchev–Trinajstić information content (AvgIpc) is 2.43. The maximum atomic E-state index is 11.7. The summed E-state index contributed by atoms with van der Waals surface area (Å²) in [4.78, 5) is 22.2. The molecule has 0 bridgehead atoms. The van der Waals surface area contributed by atoms with Crippen molar-refractivity contribution in [2.24, 2.45) is 0 Å². The van der Waals surface area contributed by atoms with E-state index in [1.165, 1.54) is 13.2 Å². The van der Waals surface area contributed by atoms with E-state index in [2.05, 4.69) is 5.32 Å². The molecule has 0 saturated carbocycles. The van der Waals surface area contributed by atoms with Crippen LogP contribution in [0.3, 0.4) is 0 Å². The van der Waals surface area contributed by atoms with Gasteiger partial charge in [0.1, 0.15) is 5.75 Å². The number of carboxylic acids is 1. The monoisotopic (exact) mass is 295 g/mol. The number of hydrogen-bond acceptors (Lipinski definition) is 4. The molecule has 0 unspecified atom stereocenters. The Morgan fingerprint density at radius 1 is 1.45 bits per heavy atom. The smallest absolute Gasteiger partial charge is 0.328 e. The third kappa shape index (κ3) is 5.36. The van der Waals surface area contributed by atoms with Gasteiger partial charge in [0.15, 0.2) is 0 Å². The number of carbonyl (C=O) groups is 2. The van der Waals surface area contributed by atoms with Crippen LogP contribution in [0.5, 0.6) is 5.75 Å². The van der Waals surface area contributed by atoms with Gasteiger partial charge in [-0.1, -0.05) is 6.07 Å². The number of ether oxygens (including phenoxy) is 1. The van der Waals surface area contributed by atoms with Gasteiger partial charge in [0.2, 0.25) is 5.91 Å². The quantitative estimate of drug-likeness (QED) is 0.756. The Bertz CT molecular complexity index is 514. The molecular weight excluding hydrogens is 278 g/mol. The molecule has 0 saturated heterocycles. The van der Waals surface area contributed by atoms with Crippen LogP contribution in [-0.2, 0) is 9.59 Å².